The van der Waals surface area contributed by atoms with Crippen LogP contribution in [0.2, 0.25) is 0 Å². The zero-order chi connectivity index (χ0) is 5.70. The van der Waals surface area contributed by atoms with Crippen molar-refractivity contribution < 1.29 is 0 Å². The molecule has 0 saturated heterocycles. The zero-order valence-electron chi connectivity index (χ0n) is 5.02. The molecule has 1 atom stereocenters. The molecule has 42 valence electrons. The Bertz CT molecular complexity index is 55.2. The highest BCUT2D eigenvalue weighted by Gasteiger charge is 1.78. The lowest BCUT2D eigenvalue weighted by Crippen LogP contribution is -2.09. The van der Waals surface area contributed by atoms with Crippen LogP contribution in [-0.2, 0) is 0 Å². The molecule has 1 unspecified atom stereocenters. The van der Waals surface area contributed by atoms with Gasteiger partial charge in [0, 0.05) is 6.04 Å². The smallest absolute Gasteiger partial charge is 0.0194 e. The van der Waals surface area contributed by atoms with Crippen molar-refractivity contribution in [3.8, 4) is 0 Å². The van der Waals surface area contributed by atoms with Crippen LogP contribution in [0.1, 0.15) is 20.3 Å². The number of hydrogen-bond donors (Lipinski definition) is 1. The summed E-state index contributed by atoms with van der Waals surface area (Å²) in [6.45, 7) is 4.06. The van der Waals surface area contributed by atoms with Gasteiger partial charge in [-0.25, -0.2) is 0 Å². The summed E-state index contributed by atoms with van der Waals surface area (Å²) in [5.74, 6) is 0. The van der Waals surface area contributed by atoms with Gasteiger partial charge in [-0.15, -0.1) is 0 Å². The van der Waals surface area contributed by atoms with Crippen LogP contribution in [-0.4, -0.2) is 6.04 Å². The average molecular weight is 99.2 g/mol. The van der Waals surface area contributed by atoms with Gasteiger partial charge in [0.15, 0.2) is 0 Å². The molecule has 1 heteroatoms. The number of rotatable bonds is 2. The highest BCUT2D eigenvalue weighted by Crippen LogP contribution is 1.81. The molecule has 7 heavy (non-hydrogen) atoms. The molecule has 0 aliphatic rings. The van der Waals surface area contributed by atoms with E-state index in [0.29, 0.717) is 0 Å². The predicted molar refractivity (Wildman–Crippen MR) is 33.1 cm³/mol. The Balaban J connectivity index is 3.08. The predicted octanol–water partition coefficient (Wildman–Crippen LogP) is 1.30. The molecular weight excluding hydrogens is 86.1 g/mol. The highest BCUT2D eigenvalue weighted by molar-refractivity contribution is 4.87. The van der Waals surface area contributed by atoms with Crippen molar-refractivity contribution in [2.24, 2.45) is 5.73 Å². The maximum Gasteiger partial charge on any atom is 0.0194 e. The first-order valence-corrected chi connectivity index (χ1v) is 2.69. The fourth-order valence-corrected chi connectivity index (χ4v) is 0.351. The summed E-state index contributed by atoms with van der Waals surface area (Å²) >= 11 is 0. The van der Waals surface area contributed by atoms with Gasteiger partial charge in [-0.1, -0.05) is 19.1 Å². The molecular formula is C6H13N. The van der Waals surface area contributed by atoms with E-state index in [1.807, 2.05) is 13.0 Å². The van der Waals surface area contributed by atoms with Crippen molar-refractivity contribution in [3.05, 3.63) is 12.2 Å². The van der Waals surface area contributed by atoms with Crippen molar-refractivity contribution in [2.45, 2.75) is 26.3 Å². The van der Waals surface area contributed by atoms with Crippen molar-refractivity contribution in [2.75, 3.05) is 0 Å². The Hall–Kier alpha value is -0.300. The summed E-state index contributed by atoms with van der Waals surface area (Å²) in [7, 11) is 0. The molecule has 0 rings (SSSR count). The van der Waals surface area contributed by atoms with Crippen molar-refractivity contribution >= 4 is 0 Å². The second kappa shape index (κ2) is 3.88. The molecule has 2 N–H and O–H groups in total. The van der Waals surface area contributed by atoms with Crippen LogP contribution in [0, 0.1) is 0 Å². The third kappa shape index (κ3) is 5.70. The summed E-state index contributed by atoms with van der Waals surface area (Å²) < 4.78 is 0. The summed E-state index contributed by atoms with van der Waals surface area (Å²) in [6.07, 6.45) is 5.16. The van der Waals surface area contributed by atoms with E-state index in [4.69, 9.17) is 5.73 Å². The van der Waals surface area contributed by atoms with Crippen LogP contribution in [0.5, 0.6) is 0 Å². The Morgan fingerprint density at radius 3 is 2.43 bits per heavy atom. The van der Waals surface area contributed by atoms with E-state index >= 15 is 0 Å². The molecule has 0 aromatic heterocycles. The van der Waals surface area contributed by atoms with Gasteiger partial charge < -0.3 is 5.73 Å². The first-order chi connectivity index (χ1) is 3.27. The lowest BCUT2D eigenvalue weighted by molar-refractivity contribution is 0.918. The Kier molecular flexibility index (Phi) is 3.71. The molecule has 0 aromatic carbocycles. The standard InChI is InChI=1S/C6H13N/c1-3-4-5-6(2)7/h4-6H,3,7H2,1-2H3/b5-4-. The Morgan fingerprint density at radius 2 is 2.29 bits per heavy atom. The van der Waals surface area contributed by atoms with Gasteiger partial charge in [0.05, 0.1) is 0 Å². The lowest BCUT2D eigenvalue weighted by Gasteiger charge is -1.90. The maximum atomic E-state index is 5.39. The van der Waals surface area contributed by atoms with E-state index in [9.17, 15) is 0 Å². The summed E-state index contributed by atoms with van der Waals surface area (Å²) in [5, 5.41) is 0. The molecule has 0 spiro atoms. The minimum Gasteiger partial charge on any atom is -0.325 e. The van der Waals surface area contributed by atoms with E-state index in [0.717, 1.165) is 6.42 Å². The SMILES string of the molecule is CC/C=C\C(C)N. The van der Waals surface area contributed by atoms with Crippen molar-refractivity contribution in [1.82, 2.24) is 0 Å². The Labute approximate surface area is 45.2 Å². The third-order valence-corrected chi connectivity index (χ3v) is 0.675. The van der Waals surface area contributed by atoms with Crippen LogP contribution in [0.25, 0.3) is 0 Å². The average Bonchev–Trinajstić information content (AvgIpc) is 1.61. The summed E-state index contributed by atoms with van der Waals surface area (Å²) in [4.78, 5) is 0. The van der Waals surface area contributed by atoms with E-state index in [-0.39, 0.29) is 6.04 Å². The van der Waals surface area contributed by atoms with Crippen molar-refractivity contribution in [1.29, 1.82) is 0 Å². The highest BCUT2D eigenvalue weighted by atomic mass is 14.6. The van der Waals surface area contributed by atoms with Gasteiger partial charge in [0.2, 0.25) is 0 Å². The van der Waals surface area contributed by atoms with E-state index in [2.05, 4.69) is 13.0 Å². The summed E-state index contributed by atoms with van der Waals surface area (Å²) in [5.41, 5.74) is 5.39. The lowest BCUT2D eigenvalue weighted by atomic mass is 10.3. The second-order valence-corrected chi connectivity index (χ2v) is 1.70. The first kappa shape index (κ1) is 6.70. The molecule has 0 aliphatic heterocycles. The minimum absolute atomic E-state index is 0.222. The van der Waals surface area contributed by atoms with E-state index in [1.54, 1.807) is 0 Å². The van der Waals surface area contributed by atoms with Crippen LogP contribution in [0.4, 0.5) is 0 Å². The van der Waals surface area contributed by atoms with E-state index in [1.165, 1.54) is 0 Å². The number of allylic oxidation sites excluding steroid dienone is 1. The molecule has 0 amide bonds. The number of nitrogens with two attached hydrogens (primary N) is 1. The number of hydrogen-bond acceptors (Lipinski definition) is 1. The molecule has 0 aliphatic carbocycles. The fraction of sp³-hybridized carbons (Fsp3) is 0.667. The van der Waals surface area contributed by atoms with Crippen LogP contribution >= 0.6 is 0 Å². The topological polar surface area (TPSA) is 26.0 Å². The van der Waals surface area contributed by atoms with Gasteiger partial charge in [-0.05, 0) is 13.3 Å². The first-order valence-electron chi connectivity index (χ1n) is 2.69. The molecule has 0 heterocycles. The van der Waals surface area contributed by atoms with Gasteiger partial charge in [-0.3, -0.25) is 0 Å². The quantitative estimate of drug-likeness (QED) is 0.519. The van der Waals surface area contributed by atoms with Crippen LogP contribution in [0.15, 0.2) is 12.2 Å². The molecule has 1 nitrogen and oxygen atoms in total. The zero-order valence-corrected chi connectivity index (χ0v) is 5.02. The normalized spacial score (nSPS) is 15.3. The largest absolute Gasteiger partial charge is 0.325 e. The minimum atomic E-state index is 0.222. The molecule has 0 radical (unpaired) electrons. The Morgan fingerprint density at radius 1 is 1.71 bits per heavy atom. The van der Waals surface area contributed by atoms with Gasteiger partial charge >= 0.3 is 0 Å². The van der Waals surface area contributed by atoms with Gasteiger partial charge in [0.1, 0.15) is 0 Å². The summed E-state index contributed by atoms with van der Waals surface area (Å²) in [6, 6.07) is 0.222. The fourth-order valence-electron chi connectivity index (χ4n) is 0.351. The monoisotopic (exact) mass is 99.1 g/mol. The molecule has 0 bridgehead atoms. The third-order valence-electron chi connectivity index (χ3n) is 0.675. The second-order valence-electron chi connectivity index (χ2n) is 1.70. The van der Waals surface area contributed by atoms with E-state index < -0.39 is 0 Å². The molecule has 0 saturated carbocycles. The maximum absolute atomic E-state index is 5.39. The van der Waals surface area contributed by atoms with Crippen molar-refractivity contribution in [3.63, 3.8) is 0 Å². The van der Waals surface area contributed by atoms with Crippen LogP contribution < -0.4 is 5.73 Å². The van der Waals surface area contributed by atoms with Gasteiger partial charge in [0.25, 0.3) is 0 Å². The van der Waals surface area contributed by atoms with Gasteiger partial charge in [-0.2, -0.15) is 0 Å². The molecule has 0 fully saturated rings. The van der Waals surface area contributed by atoms with Crippen LogP contribution in [0.3, 0.4) is 0 Å². The molecule has 0 aromatic rings.